The number of fused-ring (bicyclic) bond motifs is 2. The van der Waals surface area contributed by atoms with Crippen molar-refractivity contribution in [2.24, 2.45) is 11.8 Å². The molecule has 0 aromatic carbocycles. The second-order valence-electron chi connectivity index (χ2n) is 9.08. The maximum absolute atomic E-state index is 8.20. The van der Waals surface area contributed by atoms with Gasteiger partial charge in [-0.2, -0.15) is 0 Å². The summed E-state index contributed by atoms with van der Waals surface area (Å²) in [5, 5.41) is 11.7. The van der Waals surface area contributed by atoms with Crippen molar-refractivity contribution in [2.45, 2.75) is 57.2 Å². The number of ether oxygens (including phenoxy) is 1. The lowest BCUT2D eigenvalue weighted by Gasteiger charge is -2.36. The Balaban J connectivity index is 1.54. The Kier molecular flexibility index (Phi) is 5.18. The van der Waals surface area contributed by atoms with Gasteiger partial charge in [-0.05, 0) is 61.6 Å². The molecule has 7 heteroatoms. The molecule has 5 rings (SSSR count). The first-order valence-corrected chi connectivity index (χ1v) is 11.1. The third-order valence-electron chi connectivity index (χ3n) is 7.11. The summed E-state index contributed by atoms with van der Waals surface area (Å²) in [5.74, 6) is 4.06. The molecule has 0 amide bonds. The number of hydrogen-bond acceptors (Lipinski definition) is 7. The third kappa shape index (κ3) is 3.73. The topological polar surface area (TPSA) is 85.3 Å². The largest absolute Gasteiger partial charge is 0.377 e. The third-order valence-corrected chi connectivity index (χ3v) is 7.11. The lowest BCUT2D eigenvalue weighted by atomic mass is 9.76. The zero-order valence-electron chi connectivity index (χ0n) is 17.2. The average Bonchev–Trinajstić information content (AvgIpc) is 3.36. The fourth-order valence-corrected chi connectivity index (χ4v) is 5.70. The fraction of sp³-hybridized carbons (Fsp3) is 0.636. The highest BCUT2D eigenvalue weighted by atomic mass is 16.5. The predicted molar refractivity (Wildman–Crippen MR) is 115 cm³/mol. The van der Waals surface area contributed by atoms with Gasteiger partial charge in [0.05, 0.1) is 19.3 Å². The van der Waals surface area contributed by atoms with Gasteiger partial charge in [-0.25, -0.2) is 10.4 Å². The second kappa shape index (κ2) is 7.95. The maximum Gasteiger partial charge on any atom is 0.139 e. The molecule has 3 heterocycles. The van der Waals surface area contributed by atoms with Crippen LogP contribution in [0, 0.1) is 17.2 Å². The summed E-state index contributed by atoms with van der Waals surface area (Å²) in [6, 6.07) is 2.58. The van der Waals surface area contributed by atoms with Crippen molar-refractivity contribution in [3.8, 4) is 0 Å². The summed E-state index contributed by atoms with van der Waals surface area (Å²) < 4.78 is 5.65. The number of hydrazine groups is 1. The van der Waals surface area contributed by atoms with Gasteiger partial charge >= 0.3 is 0 Å². The number of rotatable bonds is 5. The molecule has 2 bridgehead atoms. The summed E-state index contributed by atoms with van der Waals surface area (Å²) in [6.45, 7) is 4.53. The maximum atomic E-state index is 8.20. The lowest BCUT2D eigenvalue weighted by molar-refractivity contribution is 0.0985. The first-order chi connectivity index (χ1) is 14.2. The van der Waals surface area contributed by atoms with E-state index in [1.165, 1.54) is 43.9 Å². The molecular formula is C22H32N6O. The van der Waals surface area contributed by atoms with Crippen LogP contribution in [0.3, 0.4) is 0 Å². The molecule has 0 spiro atoms. The van der Waals surface area contributed by atoms with Crippen LogP contribution in [0.25, 0.3) is 0 Å². The number of aromatic nitrogens is 1. The number of nitrogens with one attached hydrogen (secondary N) is 4. The van der Waals surface area contributed by atoms with Crippen LogP contribution in [0.5, 0.6) is 0 Å². The van der Waals surface area contributed by atoms with E-state index in [0.717, 1.165) is 48.8 Å². The lowest BCUT2D eigenvalue weighted by Crippen LogP contribution is -2.44. The molecule has 4 atom stereocenters. The number of pyridine rings is 1. The SMILES string of the molecule is CC1COCCN1c1cc(C2CC3CCC(C3)C2)c(C=N)c(NC2C=CNN2)n1. The minimum absolute atomic E-state index is 0.0334. The zero-order chi connectivity index (χ0) is 19.8. The Morgan fingerprint density at radius 2 is 2.10 bits per heavy atom. The summed E-state index contributed by atoms with van der Waals surface area (Å²) in [4.78, 5) is 7.36. The van der Waals surface area contributed by atoms with E-state index in [2.05, 4.69) is 34.1 Å². The highest BCUT2D eigenvalue weighted by Gasteiger charge is 2.36. The highest BCUT2D eigenvalue weighted by molar-refractivity contribution is 5.88. The summed E-state index contributed by atoms with van der Waals surface area (Å²) in [7, 11) is 0. The molecule has 2 aliphatic heterocycles. The van der Waals surface area contributed by atoms with Crippen molar-refractivity contribution in [2.75, 3.05) is 30.0 Å². The van der Waals surface area contributed by atoms with Crippen LogP contribution in [0.15, 0.2) is 18.3 Å². The van der Waals surface area contributed by atoms with E-state index in [4.69, 9.17) is 15.1 Å². The van der Waals surface area contributed by atoms with Crippen molar-refractivity contribution in [3.05, 3.63) is 29.5 Å². The van der Waals surface area contributed by atoms with E-state index >= 15 is 0 Å². The van der Waals surface area contributed by atoms with Gasteiger partial charge in [0, 0.05) is 24.5 Å². The van der Waals surface area contributed by atoms with Crippen LogP contribution in [0.4, 0.5) is 11.6 Å². The van der Waals surface area contributed by atoms with Crippen LogP contribution >= 0.6 is 0 Å². The Morgan fingerprint density at radius 3 is 2.79 bits per heavy atom. The monoisotopic (exact) mass is 396 g/mol. The smallest absolute Gasteiger partial charge is 0.139 e. The Bertz CT molecular complexity index is 784. The number of morpholine rings is 1. The van der Waals surface area contributed by atoms with E-state index in [1.54, 1.807) is 0 Å². The molecule has 3 fully saturated rings. The van der Waals surface area contributed by atoms with E-state index in [1.807, 2.05) is 12.3 Å². The van der Waals surface area contributed by atoms with Gasteiger partial charge in [-0.15, -0.1) is 0 Å². The molecule has 29 heavy (non-hydrogen) atoms. The van der Waals surface area contributed by atoms with Gasteiger partial charge < -0.3 is 25.8 Å². The Hall–Kier alpha value is -2.12. The van der Waals surface area contributed by atoms with Gasteiger partial charge in [-0.1, -0.05) is 12.8 Å². The molecule has 2 aliphatic carbocycles. The van der Waals surface area contributed by atoms with E-state index < -0.39 is 0 Å². The molecule has 156 valence electrons. The average molecular weight is 397 g/mol. The zero-order valence-corrected chi connectivity index (χ0v) is 17.2. The first-order valence-electron chi connectivity index (χ1n) is 11.1. The summed E-state index contributed by atoms with van der Waals surface area (Å²) >= 11 is 0. The molecule has 0 radical (unpaired) electrons. The summed E-state index contributed by atoms with van der Waals surface area (Å²) in [5.41, 5.74) is 8.43. The molecule has 1 aromatic heterocycles. The standard InChI is InChI=1S/C22H32N6O/c1-14-13-29-7-6-28(14)21-11-18(17-9-15-2-3-16(8-15)10-17)19(12-23)22(26-21)25-20-4-5-24-27-20/h4-5,11-12,14-17,20,23-24,27H,2-3,6-10,13H2,1H3,(H,25,26). The van der Waals surface area contributed by atoms with E-state index in [9.17, 15) is 0 Å². The summed E-state index contributed by atoms with van der Waals surface area (Å²) in [6.07, 6.45) is 12.1. The van der Waals surface area contributed by atoms with Crippen molar-refractivity contribution >= 4 is 17.9 Å². The predicted octanol–water partition coefficient (Wildman–Crippen LogP) is 2.96. The molecular weight excluding hydrogens is 364 g/mol. The van der Waals surface area contributed by atoms with Crippen LogP contribution in [-0.4, -0.2) is 43.2 Å². The van der Waals surface area contributed by atoms with E-state index in [0.29, 0.717) is 12.0 Å². The van der Waals surface area contributed by atoms with E-state index in [-0.39, 0.29) is 6.17 Å². The fourth-order valence-electron chi connectivity index (χ4n) is 5.70. The van der Waals surface area contributed by atoms with Gasteiger partial charge in [0.15, 0.2) is 0 Å². The number of anilines is 2. The van der Waals surface area contributed by atoms with Gasteiger partial charge in [0.2, 0.25) is 0 Å². The van der Waals surface area contributed by atoms with Crippen molar-refractivity contribution in [1.29, 1.82) is 5.41 Å². The number of hydrogen-bond donors (Lipinski definition) is 4. The van der Waals surface area contributed by atoms with Crippen molar-refractivity contribution in [1.82, 2.24) is 15.8 Å². The quantitative estimate of drug-likeness (QED) is 0.573. The molecule has 1 aromatic rings. The minimum atomic E-state index is -0.0334. The van der Waals surface area contributed by atoms with Crippen LogP contribution in [0.1, 0.15) is 56.1 Å². The first kappa shape index (κ1) is 18.9. The Labute approximate surface area is 172 Å². The van der Waals surface area contributed by atoms with Gasteiger partial charge in [0.25, 0.3) is 0 Å². The molecule has 4 unspecified atom stereocenters. The van der Waals surface area contributed by atoms with Crippen LogP contribution in [-0.2, 0) is 4.74 Å². The molecule has 1 saturated heterocycles. The molecule has 4 N–H and O–H groups in total. The highest BCUT2D eigenvalue weighted by Crippen LogP contribution is 2.49. The number of nitrogens with zero attached hydrogens (tertiary/aromatic N) is 2. The molecule has 7 nitrogen and oxygen atoms in total. The molecule has 2 saturated carbocycles. The normalized spacial score (nSPS) is 33.6. The molecule has 4 aliphatic rings. The minimum Gasteiger partial charge on any atom is -0.377 e. The van der Waals surface area contributed by atoms with Crippen LogP contribution < -0.4 is 21.1 Å². The Morgan fingerprint density at radius 1 is 1.28 bits per heavy atom. The second-order valence-corrected chi connectivity index (χ2v) is 9.08. The van der Waals surface area contributed by atoms with Gasteiger partial charge in [0.1, 0.15) is 17.8 Å². The van der Waals surface area contributed by atoms with Crippen LogP contribution in [0.2, 0.25) is 0 Å². The van der Waals surface area contributed by atoms with Crippen molar-refractivity contribution < 1.29 is 4.74 Å². The van der Waals surface area contributed by atoms with Gasteiger partial charge in [-0.3, -0.25) is 0 Å². The van der Waals surface area contributed by atoms with Crippen molar-refractivity contribution in [3.63, 3.8) is 0 Å².